The van der Waals surface area contributed by atoms with Gasteiger partial charge in [0, 0.05) is 25.2 Å². The van der Waals surface area contributed by atoms with Gasteiger partial charge in [-0.1, -0.05) is 0 Å². The number of aromatic nitrogens is 1. The Hall–Kier alpha value is -1.23. The van der Waals surface area contributed by atoms with Gasteiger partial charge in [0.15, 0.2) is 11.6 Å². The molecule has 3 rings (SSSR count). The molecule has 2 N–H and O–H groups in total. The standard InChI is InChI=1S/C13H17F2N3/c14-10-4-12(15)13(17-5-10)18-6-8-1-2-11(16)3-9(8)7-18/h4-5,8-9,11H,1-3,6-7,16H2/t8-,9+,11?/m1/s1. The predicted octanol–water partition coefficient (Wildman–Crippen LogP) is 1.92. The third-order valence-corrected chi connectivity index (χ3v) is 4.18. The van der Waals surface area contributed by atoms with Crippen molar-refractivity contribution in [2.75, 3.05) is 18.0 Å². The third-order valence-electron chi connectivity index (χ3n) is 4.18. The molecule has 3 atom stereocenters. The van der Waals surface area contributed by atoms with Crippen molar-refractivity contribution >= 4 is 5.82 Å². The lowest BCUT2D eigenvalue weighted by Gasteiger charge is -2.27. The molecule has 1 saturated carbocycles. The van der Waals surface area contributed by atoms with Crippen LogP contribution in [0, 0.1) is 23.5 Å². The monoisotopic (exact) mass is 253 g/mol. The van der Waals surface area contributed by atoms with E-state index in [-0.39, 0.29) is 11.9 Å². The van der Waals surface area contributed by atoms with Crippen LogP contribution in [0.15, 0.2) is 12.3 Å². The van der Waals surface area contributed by atoms with Crippen LogP contribution in [-0.4, -0.2) is 24.1 Å². The van der Waals surface area contributed by atoms with Gasteiger partial charge in [-0.05, 0) is 31.1 Å². The van der Waals surface area contributed by atoms with Crippen LogP contribution in [0.3, 0.4) is 0 Å². The van der Waals surface area contributed by atoms with Crippen molar-refractivity contribution in [1.29, 1.82) is 0 Å². The third kappa shape index (κ3) is 2.07. The maximum atomic E-state index is 13.7. The van der Waals surface area contributed by atoms with Crippen molar-refractivity contribution in [2.24, 2.45) is 17.6 Å². The summed E-state index contributed by atoms with van der Waals surface area (Å²) in [6, 6.07) is 1.17. The van der Waals surface area contributed by atoms with Gasteiger partial charge < -0.3 is 10.6 Å². The van der Waals surface area contributed by atoms with E-state index in [1.807, 2.05) is 4.90 Å². The van der Waals surface area contributed by atoms with E-state index in [1.165, 1.54) is 0 Å². The number of hydrogen-bond donors (Lipinski definition) is 1. The number of pyridine rings is 1. The van der Waals surface area contributed by atoms with Crippen LogP contribution in [0.1, 0.15) is 19.3 Å². The quantitative estimate of drug-likeness (QED) is 0.831. The summed E-state index contributed by atoms with van der Waals surface area (Å²) in [4.78, 5) is 5.81. The number of halogens is 2. The fraction of sp³-hybridized carbons (Fsp3) is 0.615. The van der Waals surface area contributed by atoms with E-state index in [2.05, 4.69) is 4.98 Å². The Morgan fingerprint density at radius 3 is 2.78 bits per heavy atom. The minimum atomic E-state index is -0.630. The van der Waals surface area contributed by atoms with Crippen LogP contribution in [0.5, 0.6) is 0 Å². The first-order chi connectivity index (χ1) is 8.63. The van der Waals surface area contributed by atoms with Crippen LogP contribution in [0.2, 0.25) is 0 Å². The first kappa shape index (κ1) is 11.8. The highest BCUT2D eigenvalue weighted by Gasteiger charge is 2.37. The highest BCUT2D eigenvalue weighted by molar-refractivity contribution is 5.41. The lowest BCUT2D eigenvalue weighted by molar-refractivity contribution is 0.271. The normalized spacial score (nSPS) is 31.5. The lowest BCUT2D eigenvalue weighted by atomic mass is 9.79. The summed E-state index contributed by atoms with van der Waals surface area (Å²) in [5, 5.41) is 0. The summed E-state index contributed by atoms with van der Waals surface area (Å²) in [6.45, 7) is 1.60. The first-order valence-corrected chi connectivity index (χ1v) is 6.45. The summed E-state index contributed by atoms with van der Waals surface area (Å²) >= 11 is 0. The van der Waals surface area contributed by atoms with E-state index in [0.717, 1.165) is 44.6 Å². The number of rotatable bonds is 1. The van der Waals surface area contributed by atoms with E-state index in [1.54, 1.807) is 0 Å². The Labute approximate surface area is 105 Å². The molecule has 98 valence electrons. The molecule has 2 heterocycles. The fourth-order valence-electron chi connectivity index (χ4n) is 3.28. The summed E-state index contributed by atoms with van der Waals surface area (Å²) in [5.41, 5.74) is 5.97. The van der Waals surface area contributed by atoms with Gasteiger partial charge in [-0.25, -0.2) is 13.8 Å². The van der Waals surface area contributed by atoms with Gasteiger partial charge in [0.2, 0.25) is 0 Å². The zero-order chi connectivity index (χ0) is 12.7. The minimum absolute atomic E-state index is 0.275. The van der Waals surface area contributed by atoms with Gasteiger partial charge in [0.25, 0.3) is 0 Å². The number of nitrogens with two attached hydrogens (primary N) is 1. The van der Waals surface area contributed by atoms with E-state index in [9.17, 15) is 8.78 Å². The van der Waals surface area contributed by atoms with Crippen LogP contribution in [0.25, 0.3) is 0 Å². The molecule has 3 nitrogen and oxygen atoms in total. The van der Waals surface area contributed by atoms with Crippen molar-refractivity contribution in [3.05, 3.63) is 23.9 Å². The molecule has 18 heavy (non-hydrogen) atoms. The number of hydrogen-bond acceptors (Lipinski definition) is 3. The molecule has 1 aliphatic carbocycles. The van der Waals surface area contributed by atoms with E-state index in [4.69, 9.17) is 5.73 Å². The Morgan fingerprint density at radius 2 is 2.00 bits per heavy atom. The highest BCUT2D eigenvalue weighted by Crippen LogP contribution is 2.37. The summed E-state index contributed by atoms with van der Waals surface area (Å²) in [5.74, 6) is 0.184. The minimum Gasteiger partial charge on any atom is -0.354 e. The fourth-order valence-corrected chi connectivity index (χ4v) is 3.28. The molecule has 1 aliphatic heterocycles. The molecule has 5 heteroatoms. The molecule has 2 aliphatic rings. The molecule has 1 saturated heterocycles. The van der Waals surface area contributed by atoms with Gasteiger partial charge in [0.05, 0.1) is 6.20 Å². The lowest BCUT2D eigenvalue weighted by Crippen LogP contribution is -2.32. The van der Waals surface area contributed by atoms with E-state index < -0.39 is 11.6 Å². The molecule has 0 bridgehead atoms. The second kappa shape index (κ2) is 4.46. The molecule has 0 radical (unpaired) electrons. The van der Waals surface area contributed by atoms with Gasteiger partial charge in [-0.15, -0.1) is 0 Å². The van der Waals surface area contributed by atoms with E-state index >= 15 is 0 Å². The molecular formula is C13H17F2N3. The maximum absolute atomic E-state index is 13.7. The number of nitrogens with zero attached hydrogens (tertiary/aromatic N) is 2. The van der Waals surface area contributed by atoms with Crippen LogP contribution < -0.4 is 10.6 Å². The smallest absolute Gasteiger partial charge is 0.168 e. The van der Waals surface area contributed by atoms with Gasteiger partial charge in [-0.3, -0.25) is 0 Å². The molecule has 0 amide bonds. The van der Waals surface area contributed by atoms with Gasteiger partial charge >= 0.3 is 0 Å². The SMILES string of the molecule is NC1CC[C@@H]2CN(c3ncc(F)cc3F)C[C@@H]2C1. The predicted molar refractivity (Wildman–Crippen MR) is 65.2 cm³/mol. The molecule has 1 unspecified atom stereocenters. The topological polar surface area (TPSA) is 42.1 Å². The second-order valence-electron chi connectivity index (χ2n) is 5.46. The average Bonchev–Trinajstić information content (AvgIpc) is 2.71. The zero-order valence-electron chi connectivity index (χ0n) is 10.1. The van der Waals surface area contributed by atoms with Crippen molar-refractivity contribution in [1.82, 2.24) is 4.98 Å². The van der Waals surface area contributed by atoms with Gasteiger partial charge in [0.1, 0.15) is 5.82 Å². The van der Waals surface area contributed by atoms with Gasteiger partial charge in [-0.2, -0.15) is 0 Å². The van der Waals surface area contributed by atoms with Crippen molar-refractivity contribution in [3.63, 3.8) is 0 Å². The Kier molecular flexibility index (Phi) is 2.93. The van der Waals surface area contributed by atoms with Crippen molar-refractivity contribution in [3.8, 4) is 0 Å². The largest absolute Gasteiger partial charge is 0.354 e. The van der Waals surface area contributed by atoms with Crippen LogP contribution in [0.4, 0.5) is 14.6 Å². The Bertz CT molecular complexity index is 452. The highest BCUT2D eigenvalue weighted by atomic mass is 19.1. The first-order valence-electron chi connectivity index (χ1n) is 6.45. The molecular weight excluding hydrogens is 236 g/mol. The Balaban J connectivity index is 1.78. The number of anilines is 1. The Morgan fingerprint density at radius 1 is 1.22 bits per heavy atom. The summed E-state index contributed by atoms with van der Waals surface area (Å²) < 4.78 is 26.5. The molecule has 1 aromatic heterocycles. The molecule has 2 fully saturated rings. The molecule has 0 aromatic carbocycles. The number of fused-ring (bicyclic) bond motifs is 1. The molecule has 1 aromatic rings. The van der Waals surface area contributed by atoms with Crippen molar-refractivity contribution in [2.45, 2.75) is 25.3 Å². The maximum Gasteiger partial charge on any atom is 0.168 e. The van der Waals surface area contributed by atoms with Crippen molar-refractivity contribution < 1.29 is 8.78 Å². The van der Waals surface area contributed by atoms with Crippen LogP contribution >= 0.6 is 0 Å². The molecule has 0 spiro atoms. The van der Waals surface area contributed by atoms with Crippen LogP contribution in [-0.2, 0) is 0 Å². The second-order valence-corrected chi connectivity index (χ2v) is 5.46. The summed E-state index contributed by atoms with van der Waals surface area (Å²) in [7, 11) is 0. The van der Waals surface area contributed by atoms with E-state index in [0.29, 0.717) is 11.8 Å². The summed E-state index contributed by atoms with van der Waals surface area (Å²) in [6.07, 6.45) is 4.23. The zero-order valence-corrected chi connectivity index (χ0v) is 10.1. The average molecular weight is 253 g/mol.